The van der Waals surface area contributed by atoms with Crippen LogP contribution in [0, 0.1) is 16.7 Å². The molecule has 2 N–H and O–H groups in total. The Morgan fingerprint density at radius 1 is 1.19 bits per heavy atom. The fraction of sp³-hybridized carbons (Fsp3) is 0.280. The van der Waals surface area contributed by atoms with E-state index in [1.54, 1.807) is 24.3 Å². The van der Waals surface area contributed by atoms with Gasteiger partial charge in [-0.1, -0.05) is 61.3 Å². The summed E-state index contributed by atoms with van der Waals surface area (Å²) >= 11 is 12.7. The van der Waals surface area contributed by atoms with Crippen molar-refractivity contribution in [2.75, 3.05) is 0 Å². The van der Waals surface area contributed by atoms with Crippen LogP contribution < -0.4 is 10.5 Å². The van der Waals surface area contributed by atoms with Gasteiger partial charge in [0.25, 0.3) is 0 Å². The fourth-order valence-corrected chi connectivity index (χ4v) is 4.64. The SMILES string of the molecule is CC1(C)CC(=O)C2=C(C1)OC(N)=C(C#N)C2c1ccc(OCc2ccccc2Cl)c(Cl)c1. The molecule has 0 saturated carbocycles. The predicted molar refractivity (Wildman–Crippen MR) is 123 cm³/mol. The van der Waals surface area contributed by atoms with E-state index in [0.717, 1.165) is 5.56 Å². The summed E-state index contributed by atoms with van der Waals surface area (Å²) in [6.45, 7) is 4.28. The quantitative estimate of drug-likeness (QED) is 0.592. The van der Waals surface area contributed by atoms with Crippen molar-refractivity contribution >= 4 is 29.0 Å². The maximum atomic E-state index is 13.1. The van der Waals surface area contributed by atoms with Crippen LogP contribution >= 0.6 is 23.2 Å². The summed E-state index contributed by atoms with van der Waals surface area (Å²) in [6, 6.07) is 14.8. The van der Waals surface area contributed by atoms with Crippen LogP contribution in [-0.4, -0.2) is 5.78 Å². The molecule has 2 aliphatic rings. The monoisotopic (exact) mass is 468 g/mol. The van der Waals surface area contributed by atoms with Crippen LogP contribution in [-0.2, 0) is 16.1 Å². The van der Waals surface area contributed by atoms with Crippen molar-refractivity contribution in [3.8, 4) is 11.8 Å². The van der Waals surface area contributed by atoms with Crippen LogP contribution in [0.4, 0.5) is 0 Å². The van der Waals surface area contributed by atoms with Gasteiger partial charge in [0, 0.05) is 29.0 Å². The van der Waals surface area contributed by atoms with Crippen molar-refractivity contribution in [1.29, 1.82) is 5.26 Å². The van der Waals surface area contributed by atoms with Gasteiger partial charge in [0.2, 0.25) is 5.88 Å². The first-order valence-corrected chi connectivity index (χ1v) is 11.0. The number of nitrogens with two attached hydrogens (primary N) is 1. The lowest BCUT2D eigenvalue weighted by atomic mass is 9.70. The molecule has 164 valence electrons. The van der Waals surface area contributed by atoms with Gasteiger partial charge in [-0.3, -0.25) is 4.79 Å². The Balaban J connectivity index is 1.68. The zero-order valence-corrected chi connectivity index (χ0v) is 19.3. The Morgan fingerprint density at radius 3 is 2.62 bits per heavy atom. The lowest BCUT2D eigenvalue weighted by Gasteiger charge is -2.37. The number of hydrogen-bond acceptors (Lipinski definition) is 5. The highest BCUT2D eigenvalue weighted by atomic mass is 35.5. The number of benzene rings is 2. The Hall–Kier alpha value is -2.94. The number of rotatable bonds is 4. The second-order valence-corrected chi connectivity index (χ2v) is 9.59. The minimum absolute atomic E-state index is 0.0249. The standard InChI is InChI=1S/C25H22Cl2N2O3/c1-25(2)10-19(30)23-21(11-25)32-24(29)16(12-28)22(23)14-7-8-20(18(27)9-14)31-13-15-5-3-4-6-17(15)26/h3-9,22H,10-11,13,29H2,1-2H3. The molecular formula is C25H22Cl2N2O3. The number of ketones is 1. The highest BCUT2D eigenvalue weighted by Crippen LogP contribution is 2.48. The highest BCUT2D eigenvalue weighted by Gasteiger charge is 2.43. The van der Waals surface area contributed by atoms with Crippen molar-refractivity contribution in [3.63, 3.8) is 0 Å². The number of nitriles is 1. The van der Waals surface area contributed by atoms with Gasteiger partial charge in [-0.15, -0.1) is 0 Å². The number of allylic oxidation sites excluding steroid dienone is 3. The Labute approximate surface area is 197 Å². The van der Waals surface area contributed by atoms with Crippen molar-refractivity contribution in [2.45, 2.75) is 39.2 Å². The van der Waals surface area contributed by atoms with Gasteiger partial charge < -0.3 is 15.2 Å². The third-order valence-corrected chi connectivity index (χ3v) is 6.37. The van der Waals surface area contributed by atoms with Crippen LogP contribution in [0.15, 0.2) is 65.3 Å². The molecule has 1 aliphatic carbocycles. The minimum Gasteiger partial charge on any atom is -0.487 e. The molecule has 4 rings (SSSR count). The first-order valence-electron chi connectivity index (χ1n) is 10.2. The van der Waals surface area contributed by atoms with E-state index in [0.29, 0.717) is 45.5 Å². The predicted octanol–water partition coefficient (Wildman–Crippen LogP) is 6.02. The maximum absolute atomic E-state index is 13.1. The zero-order chi connectivity index (χ0) is 23.0. The van der Waals surface area contributed by atoms with E-state index in [-0.39, 0.29) is 29.3 Å². The fourth-order valence-electron chi connectivity index (χ4n) is 4.20. The van der Waals surface area contributed by atoms with E-state index >= 15 is 0 Å². The summed E-state index contributed by atoms with van der Waals surface area (Å²) in [4.78, 5) is 13.1. The van der Waals surface area contributed by atoms with E-state index in [4.69, 9.17) is 38.4 Å². The summed E-state index contributed by atoms with van der Waals surface area (Å²) in [7, 11) is 0. The van der Waals surface area contributed by atoms with Crippen LogP contribution in [0.2, 0.25) is 10.0 Å². The normalized spacial score (nSPS) is 19.8. The lowest BCUT2D eigenvalue weighted by molar-refractivity contribution is -0.119. The molecule has 0 fully saturated rings. The molecule has 0 bridgehead atoms. The van der Waals surface area contributed by atoms with Crippen LogP contribution in [0.1, 0.15) is 43.7 Å². The first kappa shape index (κ1) is 22.3. The number of nitrogens with zero attached hydrogens (tertiary/aromatic N) is 1. The van der Waals surface area contributed by atoms with Gasteiger partial charge in [-0.05, 0) is 29.2 Å². The smallest absolute Gasteiger partial charge is 0.205 e. The molecule has 0 radical (unpaired) electrons. The van der Waals surface area contributed by atoms with Gasteiger partial charge in [-0.2, -0.15) is 5.26 Å². The molecule has 1 atom stereocenters. The molecule has 0 amide bonds. The molecular weight excluding hydrogens is 447 g/mol. The topological polar surface area (TPSA) is 85.3 Å². The molecule has 2 aromatic rings. The van der Waals surface area contributed by atoms with E-state index in [9.17, 15) is 10.1 Å². The van der Waals surface area contributed by atoms with Crippen molar-refractivity contribution in [1.82, 2.24) is 0 Å². The second kappa shape index (κ2) is 8.54. The maximum Gasteiger partial charge on any atom is 0.205 e. The van der Waals surface area contributed by atoms with E-state index in [1.807, 2.05) is 32.0 Å². The van der Waals surface area contributed by atoms with Gasteiger partial charge in [0.05, 0.1) is 10.9 Å². The Bertz CT molecular complexity index is 1210. The summed E-state index contributed by atoms with van der Waals surface area (Å²) in [6.07, 6.45) is 0.938. The zero-order valence-electron chi connectivity index (χ0n) is 17.7. The Morgan fingerprint density at radius 2 is 1.94 bits per heavy atom. The molecule has 1 heterocycles. The number of Topliss-reactive ketones (excluding diaryl/α,β-unsaturated/α-hetero) is 1. The minimum atomic E-state index is -0.623. The third kappa shape index (κ3) is 4.21. The average molecular weight is 469 g/mol. The van der Waals surface area contributed by atoms with Gasteiger partial charge in [0.1, 0.15) is 29.8 Å². The molecule has 1 aliphatic heterocycles. The van der Waals surface area contributed by atoms with Crippen LogP contribution in [0.5, 0.6) is 5.75 Å². The number of ether oxygens (including phenoxy) is 2. The van der Waals surface area contributed by atoms with Crippen molar-refractivity contribution < 1.29 is 14.3 Å². The number of carbonyl (C=O) groups excluding carboxylic acids is 1. The number of halogens is 2. The van der Waals surface area contributed by atoms with Crippen molar-refractivity contribution in [2.24, 2.45) is 11.1 Å². The van der Waals surface area contributed by atoms with Crippen molar-refractivity contribution in [3.05, 3.63) is 86.4 Å². The molecule has 0 aromatic heterocycles. The number of carbonyl (C=O) groups is 1. The molecule has 0 spiro atoms. The summed E-state index contributed by atoms with van der Waals surface area (Å²) in [5.41, 5.74) is 8.05. The van der Waals surface area contributed by atoms with E-state index in [2.05, 4.69) is 6.07 Å². The molecule has 5 nitrogen and oxygen atoms in total. The second-order valence-electron chi connectivity index (χ2n) is 8.77. The van der Waals surface area contributed by atoms with E-state index in [1.165, 1.54) is 0 Å². The molecule has 1 unspecified atom stereocenters. The Kier molecular flexibility index (Phi) is 5.94. The van der Waals surface area contributed by atoms with Crippen LogP contribution in [0.3, 0.4) is 0 Å². The van der Waals surface area contributed by atoms with Gasteiger partial charge >= 0.3 is 0 Å². The van der Waals surface area contributed by atoms with Crippen LogP contribution in [0.25, 0.3) is 0 Å². The summed E-state index contributed by atoms with van der Waals surface area (Å²) in [5.74, 6) is 0.363. The molecule has 2 aromatic carbocycles. The average Bonchev–Trinajstić information content (AvgIpc) is 2.72. The third-order valence-electron chi connectivity index (χ3n) is 5.71. The molecule has 32 heavy (non-hydrogen) atoms. The number of hydrogen-bond donors (Lipinski definition) is 1. The van der Waals surface area contributed by atoms with Gasteiger partial charge in [-0.25, -0.2) is 0 Å². The summed E-state index contributed by atoms with van der Waals surface area (Å²) < 4.78 is 11.6. The lowest BCUT2D eigenvalue weighted by Crippen LogP contribution is -2.33. The highest BCUT2D eigenvalue weighted by molar-refractivity contribution is 6.32. The summed E-state index contributed by atoms with van der Waals surface area (Å²) in [5, 5.41) is 10.7. The first-order chi connectivity index (χ1) is 15.2. The van der Waals surface area contributed by atoms with Gasteiger partial charge in [0.15, 0.2) is 5.78 Å². The molecule has 0 saturated heterocycles. The largest absolute Gasteiger partial charge is 0.487 e. The molecule has 7 heteroatoms. The van der Waals surface area contributed by atoms with E-state index < -0.39 is 5.92 Å².